The summed E-state index contributed by atoms with van der Waals surface area (Å²) in [6.45, 7) is 8.64. The average Bonchev–Trinajstić information content (AvgIpc) is 3.23. The summed E-state index contributed by atoms with van der Waals surface area (Å²) in [5, 5.41) is 11.6. The molecule has 3 rings (SSSR count). The molecule has 1 aliphatic heterocycles. The number of aryl methyl sites for hydroxylation is 4. The molecule has 1 amide bonds. The van der Waals surface area contributed by atoms with Gasteiger partial charge in [0.2, 0.25) is 15.9 Å². The fourth-order valence-corrected chi connectivity index (χ4v) is 5.57. The first-order valence-electron chi connectivity index (χ1n) is 9.98. The summed E-state index contributed by atoms with van der Waals surface area (Å²) in [7, 11) is -1.83. The van der Waals surface area contributed by atoms with Crippen LogP contribution in [0.1, 0.15) is 49.7 Å². The first kappa shape index (κ1) is 21.5. The lowest BCUT2D eigenvalue weighted by atomic mass is 9.98. The molecule has 10 heteroatoms. The van der Waals surface area contributed by atoms with Crippen molar-refractivity contribution in [2.24, 2.45) is 13.0 Å². The van der Waals surface area contributed by atoms with E-state index < -0.39 is 10.0 Å². The molecule has 0 bridgehead atoms. The van der Waals surface area contributed by atoms with E-state index in [0.717, 1.165) is 11.3 Å². The molecule has 1 aliphatic rings. The highest BCUT2D eigenvalue weighted by Crippen LogP contribution is 2.26. The highest BCUT2D eigenvalue weighted by Gasteiger charge is 2.35. The standard InChI is InChI=1S/C19H30N6O3S/c1-6-24-12-18(15(4)22-24)29(27,28)25-9-7-8-16(10-25)19(26)20-13(2)17-11-23(5)21-14(17)3/h11-13,16H,6-10H2,1-5H3,(H,20,26)/t13-,16+/m0/s1. The van der Waals surface area contributed by atoms with Crippen LogP contribution in [0.3, 0.4) is 0 Å². The van der Waals surface area contributed by atoms with Gasteiger partial charge in [0.1, 0.15) is 4.90 Å². The normalized spacial score (nSPS) is 19.3. The Hall–Kier alpha value is -2.20. The molecule has 2 aromatic heterocycles. The van der Waals surface area contributed by atoms with Gasteiger partial charge in [-0.1, -0.05) is 0 Å². The van der Waals surface area contributed by atoms with E-state index in [0.29, 0.717) is 31.6 Å². The number of amides is 1. The number of rotatable bonds is 6. The second-order valence-corrected chi connectivity index (χ2v) is 9.62. The number of aromatic nitrogens is 4. The second-order valence-electron chi connectivity index (χ2n) is 7.71. The molecule has 0 saturated carbocycles. The van der Waals surface area contributed by atoms with Gasteiger partial charge in [-0.2, -0.15) is 14.5 Å². The first-order valence-corrected chi connectivity index (χ1v) is 11.4. The Labute approximate surface area is 172 Å². The number of nitrogens with one attached hydrogen (secondary N) is 1. The quantitative estimate of drug-likeness (QED) is 0.761. The molecule has 160 valence electrons. The highest BCUT2D eigenvalue weighted by molar-refractivity contribution is 7.89. The van der Waals surface area contributed by atoms with Crippen molar-refractivity contribution in [3.63, 3.8) is 0 Å². The Bertz CT molecular complexity index is 994. The molecule has 1 saturated heterocycles. The minimum Gasteiger partial charge on any atom is -0.349 e. The van der Waals surface area contributed by atoms with Crippen LogP contribution in [-0.4, -0.2) is 51.3 Å². The van der Waals surface area contributed by atoms with Crippen LogP contribution in [0.15, 0.2) is 17.3 Å². The fraction of sp³-hybridized carbons (Fsp3) is 0.632. The van der Waals surface area contributed by atoms with Gasteiger partial charge in [-0.25, -0.2) is 8.42 Å². The van der Waals surface area contributed by atoms with Crippen molar-refractivity contribution in [3.05, 3.63) is 29.3 Å². The van der Waals surface area contributed by atoms with Crippen LogP contribution in [0.25, 0.3) is 0 Å². The van der Waals surface area contributed by atoms with Gasteiger partial charge in [-0.3, -0.25) is 14.2 Å². The van der Waals surface area contributed by atoms with E-state index in [2.05, 4.69) is 15.5 Å². The van der Waals surface area contributed by atoms with Gasteiger partial charge < -0.3 is 5.32 Å². The topological polar surface area (TPSA) is 102 Å². The van der Waals surface area contributed by atoms with Crippen molar-refractivity contribution < 1.29 is 13.2 Å². The van der Waals surface area contributed by atoms with Crippen molar-refractivity contribution >= 4 is 15.9 Å². The van der Waals surface area contributed by atoms with E-state index in [1.807, 2.05) is 34.0 Å². The summed E-state index contributed by atoms with van der Waals surface area (Å²) in [4.78, 5) is 13.1. The zero-order valence-corrected chi connectivity index (χ0v) is 18.5. The molecule has 0 unspecified atom stereocenters. The fourth-order valence-electron chi connectivity index (χ4n) is 3.88. The van der Waals surface area contributed by atoms with E-state index in [1.165, 1.54) is 4.31 Å². The Balaban J connectivity index is 1.72. The van der Waals surface area contributed by atoms with Crippen molar-refractivity contribution in [1.82, 2.24) is 29.2 Å². The minimum absolute atomic E-state index is 0.123. The van der Waals surface area contributed by atoms with Gasteiger partial charge >= 0.3 is 0 Å². The van der Waals surface area contributed by atoms with Gasteiger partial charge in [0.05, 0.1) is 23.3 Å². The number of nitrogens with zero attached hydrogens (tertiary/aromatic N) is 5. The van der Waals surface area contributed by atoms with Crippen LogP contribution < -0.4 is 5.32 Å². The van der Waals surface area contributed by atoms with Crippen LogP contribution in [0.2, 0.25) is 0 Å². The third-order valence-corrected chi connectivity index (χ3v) is 7.44. The molecule has 2 aromatic rings. The summed E-state index contributed by atoms with van der Waals surface area (Å²) in [5.74, 6) is -0.499. The number of carbonyl (C=O) groups is 1. The predicted molar refractivity (Wildman–Crippen MR) is 109 cm³/mol. The minimum atomic E-state index is -3.68. The van der Waals surface area contributed by atoms with Crippen LogP contribution in [-0.2, 0) is 28.4 Å². The SMILES string of the molecule is CCn1cc(S(=O)(=O)N2CCC[C@@H](C(=O)N[C@@H](C)c3cn(C)nc3C)C2)c(C)n1. The molecule has 1 fully saturated rings. The van der Waals surface area contributed by atoms with Crippen molar-refractivity contribution in [2.75, 3.05) is 13.1 Å². The molecule has 0 radical (unpaired) electrons. The molecule has 29 heavy (non-hydrogen) atoms. The first-order chi connectivity index (χ1) is 13.6. The number of piperidine rings is 1. The lowest BCUT2D eigenvalue weighted by molar-refractivity contribution is -0.126. The summed E-state index contributed by atoms with van der Waals surface area (Å²) < 4.78 is 31.0. The van der Waals surface area contributed by atoms with Crippen LogP contribution in [0, 0.1) is 19.8 Å². The van der Waals surface area contributed by atoms with Crippen LogP contribution in [0.4, 0.5) is 0 Å². The Morgan fingerprint density at radius 1 is 1.28 bits per heavy atom. The molecule has 9 nitrogen and oxygen atoms in total. The van der Waals surface area contributed by atoms with Crippen molar-refractivity contribution in [1.29, 1.82) is 0 Å². The molecule has 2 atom stereocenters. The zero-order chi connectivity index (χ0) is 21.3. The Morgan fingerprint density at radius 2 is 2.00 bits per heavy atom. The number of hydrogen-bond donors (Lipinski definition) is 1. The van der Waals surface area contributed by atoms with Crippen LogP contribution >= 0.6 is 0 Å². The average molecular weight is 423 g/mol. The maximum atomic E-state index is 13.1. The predicted octanol–water partition coefficient (Wildman–Crippen LogP) is 1.53. The van der Waals surface area contributed by atoms with E-state index in [4.69, 9.17) is 0 Å². The van der Waals surface area contributed by atoms with Crippen molar-refractivity contribution in [2.45, 2.75) is 58.0 Å². The summed E-state index contributed by atoms with van der Waals surface area (Å²) in [6, 6.07) is -0.187. The molecule has 3 heterocycles. The molecule has 0 aromatic carbocycles. The van der Waals surface area contributed by atoms with Gasteiger partial charge in [0.15, 0.2) is 0 Å². The highest BCUT2D eigenvalue weighted by atomic mass is 32.2. The molecule has 0 spiro atoms. The Morgan fingerprint density at radius 3 is 2.59 bits per heavy atom. The summed E-state index contributed by atoms with van der Waals surface area (Å²) in [6.07, 6.45) is 4.79. The Kier molecular flexibility index (Phi) is 6.13. The molecule has 0 aliphatic carbocycles. The zero-order valence-electron chi connectivity index (χ0n) is 17.7. The van der Waals surface area contributed by atoms with Gasteiger partial charge in [0, 0.05) is 44.6 Å². The van der Waals surface area contributed by atoms with E-state index in [-0.39, 0.29) is 29.3 Å². The van der Waals surface area contributed by atoms with E-state index in [9.17, 15) is 13.2 Å². The van der Waals surface area contributed by atoms with Crippen molar-refractivity contribution in [3.8, 4) is 0 Å². The largest absolute Gasteiger partial charge is 0.349 e. The molecule has 1 N–H and O–H groups in total. The van der Waals surface area contributed by atoms with E-state index in [1.54, 1.807) is 22.5 Å². The number of sulfonamides is 1. The smallest absolute Gasteiger partial charge is 0.246 e. The number of carbonyl (C=O) groups excluding carboxylic acids is 1. The number of hydrogen-bond acceptors (Lipinski definition) is 5. The van der Waals surface area contributed by atoms with E-state index >= 15 is 0 Å². The molecular weight excluding hydrogens is 392 g/mol. The lowest BCUT2D eigenvalue weighted by Gasteiger charge is -2.31. The summed E-state index contributed by atoms with van der Waals surface area (Å²) in [5.41, 5.74) is 2.32. The maximum Gasteiger partial charge on any atom is 0.246 e. The third kappa shape index (κ3) is 4.37. The van der Waals surface area contributed by atoms with Gasteiger partial charge in [-0.15, -0.1) is 0 Å². The monoisotopic (exact) mass is 422 g/mol. The maximum absolute atomic E-state index is 13.1. The third-order valence-electron chi connectivity index (χ3n) is 5.47. The van der Waals surface area contributed by atoms with Gasteiger partial charge in [0.25, 0.3) is 0 Å². The second kappa shape index (κ2) is 8.27. The summed E-state index contributed by atoms with van der Waals surface area (Å²) >= 11 is 0. The van der Waals surface area contributed by atoms with Gasteiger partial charge in [-0.05, 0) is 40.5 Å². The molecular formula is C19H30N6O3S. The van der Waals surface area contributed by atoms with Crippen LogP contribution in [0.5, 0.6) is 0 Å². The lowest BCUT2D eigenvalue weighted by Crippen LogP contribution is -2.45.